The van der Waals surface area contributed by atoms with Crippen molar-refractivity contribution in [3.8, 4) is 5.75 Å². The predicted molar refractivity (Wildman–Crippen MR) is 86.5 cm³/mol. The van der Waals surface area contributed by atoms with E-state index in [4.69, 9.17) is 4.74 Å². The van der Waals surface area contributed by atoms with Crippen LogP contribution < -0.4 is 15.6 Å². The van der Waals surface area contributed by atoms with Gasteiger partial charge in [0.1, 0.15) is 5.75 Å². The summed E-state index contributed by atoms with van der Waals surface area (Å²) in [6.07, 6.45) is 1.61. The molecule has 0 spiro atoms. The van der Waals surface area contributed by atoms with E-state index in [1.54, 1.807) is 20.2 Å². The number of para-hydroxylation sites is 1. The lowest BCUT2D eigenvalue weighted by Gasteiger charge is -2.13. The highest BCUT2D eigenvalue weighted by molar-refractivity contribution is 5.92. The normalized spacial score (nSPS) is 10.4. The number of rotatable bonds is 4. The SMILES string of the molecule is Cc1cc(=O)n(C)cc1NC(=O)COc1c(C)cccc1C. The first kappa shape index (κ1) is 15.8. The van der Waals surface area contributed by atoms with E-state index in [9.17, 15) is 9.59 Å². The van der Waals surface area contributed by atoms with Crippen LogP contribution in [0.5, 0.6) is 5.75 Å². The summed E-state index contributed by atoms with van der Waals surface area (Å²) in [6.45, 7) is 5.59. The molecule has 0 saturated heterocycles. The van der Waals surface area contributed by atoms with Gasteiger partial charge in [-0.3, -0.25) is 9.59 Å². The molecule has 116 valence electrons. The van der Waals surface area contributed by atoms with E-state index in [0.717, 1.165) is 22.4 Å². The van der Waals surface area contributed by atoms with E-state index < -0.39 is 0 Å². The molecule has 1 N–H and O–H groups in total. The van der Waals surface area contributed by atoms with Crippen molar-refractivity contribution in [2.75, 3.05) is 11.9 Å². The van der Waals surface area contributed by atoms with Crippen molar-refractivity contribution >= 4 is 11.6 Å². The van der Waals surface area contributed by atoms with E-state index >= 15 is 0 Å². The second kappa shape index (κ2) is 6.47. The minimum atomic E-state index is -0.260. The summed E-state index contributed by atoms with van der Waals surface area (Å²) in [5, 5.41) is 2.76. The van der Waals surface area contributed by atoms with E-state index in [0.29, 0.717) is 5.69 Å². The molecule has 1 aromatic carbocycles. The van der Waals surface area contributed by atoms with Gasteiger partial charge in [-0.25, -0.2) is 0 Å². The lowest BCUT2D eigenvalue weighted by molar-refractivity contribution is -0.118. The molecule has 22 heavy (non-hydrogen) atoms. The third-order valence-electron chi connectivity index (χ3n) is 3.47. The first-order chi connectivity index (χ1) is 10.4. The largest absolute Gasteiger partial charge is 0.483 e. The zero-order valence-electron chi connectivity index (χ0n) is 13.3. The van der Waals surface area contributed by atoms with Crippen molar-refractivity contribution in [2.45, 2.75) is 20.8 Å². The van der Waals surface area contributed by atoms with Gasteiger partial charge < -0.3 is 14.6 Å². The molecule has 0 unspecified atom stereocenters. The monoisotopic (exact) mass is 300 g/mol. The quantitative estimate of drug-likeness (QED) is 0.942. The molecular weight excluding hydrogens is 280 g/mol. The average Bonchev–Trinajstić information content (AvgIpc) is 2.44. The molecule has 0 radical (unpaired) electrons. The Kier molecular flexibility index (Phi) is 4.65. The van der Waals surface area contributed by atoms with Crippen molar-refractivity contribution in [1.29, 1.82) is 0 Å². The molecule has 2 rings (SSSR count). The summed E-state index contributed by atoms with van der Waals surface area (Å²) in [5.74, 6) is 0.472. The highest BCUT2D eigenvalue weighted by atomic mass is 16.5. The molecule has 0 aliphatic carbocycles. The second-order valence-corrected chi connectivity index (χ2v) is 5.38. The number of amides is 1. The van der Waals surface area contributed by atoms with Crippen LogP contribution in [0.15, 0.2) is 35.3 Å². The minimum Gasteiger partial charge on any atom is -0.483 e. The Morgan fingerprint density at radius 2 is 1.82 bits per heavy atom. The van der Waals surface area contributed by atoms with Gasteiger partial charge >= 0.3 is 0 Å². The van der Waals surface area contributed by atoms with E-state index in [2.05, 4.69) is 5.32 Å². The molecule has 0 bridgehead atoms. The number of carbonyl (C=O) groups is 1. The molecule has 5 nitrogen and oxygen atoms in total. The smallest absolute Gasteiger partial charge is 0.262 e. The van der Waals surface area contributed by atoms with Crippen molar-refractivity contribution in [2.24, 2.45) is 7.05 Å². The number of benzene rings is 1. The third-order valence-corrected chi connectivity index (χ3v) is 3.47. The Morgan fingerprint density at radius 1 is 1.18 bits per heavy atom. The fourth-order valence-electron chi connectivity index (χ4n) is 2.21. The molecule has 0 fully saturated rings. The van der Waals surface area contributed by atoms with Gasteiger partial charge in [0.25, 0.3) is 11.5 Å². The predicted octanol–water partition coefficient (Wildman–Crippen LogP) is 2.33. The maximum absolute atomic E-state index is 12.0. The number of aromatic nitrogens is 1. The number of hydrogen-bond acceptors (Lipinski definition) is 3. The highest BCUT2D eigenvalue weighted by Gasteiger charge is 2.09. The molecule has 0 aliphatic rings. The second-order valence-electron chi connectivity index (χ2n) is 5.38. The van der Waals surface area contributed by atoms with Crippen LogP contribution >= 0.6 is 0 Å². The molecule has 1 heterocycles. The zero-order chi connectivity index (χ0) is 16.3. The zero-order valence-corrected chi connectivity index (χ0v) is 13.3. The van der Waals surface area contributed by atoms with Crippen LogP contribution in [0.25, 0.3) is 0 Å². The highest BCUT2D eigenvalue weighted by Crippen LogP contribution is 2.22. The number of nitrogens with zero attached hydrogens (tertiary/aromatic N) is 1. The molecule has 0 saturated carbocycles. The minimum absolute atomic E-state index is 0.0754. The molecular formula is C17H20N2O3. The number of nitrogens with one attached hydrogen (secondary N) is 1. The Labute approximate surface area is 129 Å². The van der Waals surface area contributed by atoms with Crippen LogP contribution in [-0.4, -0.2) is 17.1 Å². The lowest BCUT2D eigenvalue weighted by atomic mass is 10.1. The lowest BCUT2D eigenvalue weighted by Crippen LogP contribution is -2.23. The van der Waals surface area contributed by atoms with Gasteiger partial charge in [0.15, 0.2) is 6.61 Å². The summed E-state index contributed by atoms with van der Waals surface area (Å²) in [6, 6.07) is 7.32. The van der Waals surface area contributed by atoms with Crippen LogP contribution in [-0.2, 0) is 11.8 Å². The number of ether oxygens (including phenoxy) is 1. The van der Waals surface area contributed by atoms with Crippen LogP contribution in [0, 0.1) is 20.8 Å². The van der Waals surface area contributed by atoms with E-state index in [-0.39, 0.29) is 18.1 Å². The number of anilines is 1. The van der Waals surface area contributed by atoms with Crippen LogP contribution in [0.4, 0.5) is 5.69 Å². The summed E-state index contributed by atoms with van der Waals surface area (Å²) >= 11 is 0. The van der Waals surface area contributed by atoms with Crippen molar-refractivity contribution in [3.05, 3.63) is 57.5 Å². The molecule has 2 aromatic rings. The topological polar surface area (TPSA) is 60.3 Å². The molecule has 1 amide bonds. The first-order valence-corrected chi connectivity index (χ1v) is 7.04. The fraction of sp³-hybridized carbons (Fsp3) is 0.294. The number of hydrogen-bond donors (Lipinski definition) is 1. The molecule has 5 heteroatoms. The van der Waals surface area contributed by atoms with Gasteiger partial charge in [0.2, 0.25) is 0 Å². The fourth-order valence-corrected chi connectivity index (χ4v) is 2.21. The van der Waals surface area contributed by atoms with Gasteiger partial charge in [-0.2, -0.15) is 0 Å². The standard InChI is InChI=1S/C17H20N2O3/c1-11-6-5-7-12(2)17(11)22-10-15(20)18-14-9-19(4)16(21)8-13(14)3/h5-9H,10H2,1-4H3,(H,18,20). The number of aryl methyl sites for hydroxylation is 4. The van der Waals surface area contributed by atoms with Crippen molar-refractivity contribution in [1.82, 2.24) is 4.57 Å². The van der Waals surface area contributed by atoms with E-state index in [1.165, 1.54) is 10.6 Å². The Morgan fingerprint density at radius 3 is 2.45 bits per heavy atom. The maximum Gasteiger partial charge on any atom is 0.262 e. The number of pyridine rings is 1. The van der Waals surface area contributed by atoms with Gasteiger partial charge in [0, 0.05) is 19.3 Å². The number of carbonyl (C=O) groups excluding carboxylic acids is 1. The average molecular weight is 300 g/mol. The Bertz CT molecular complexity index is 743. The van der Waals surface area contributed by atoms with Crippen LogP contribution in [0.1, 0.15) is 16.7 Å². The molecule has 0 atom stereocenters. The Balaban J connectivity index is 2.05. The van der Waals surface area contributed by atoms with Crippen LogP contribution in [0.3, 0.4) is 0 Å². The maximum atomic E-state index is 12.0. The Hall–Kier alpha value is -2.56. The van der Waals surface area contributed by atoms with Crippen LogP contribution in [0.2, 0.25) is 0 Å². The molecule has 0 aliphatic heterocycles. The van der Waals surface area contributed by atoms with Gasteiger partial charge in [-0.05, 0) is 37.5 Å². The molecule has 1 aromatic heterocycles. The summed E-state index contributed by atoms with van der Waals surface area (Å²) in [4.78, 5) is 23.5. The third kappa shape index (κ3) is 3.55. The van der Waals surface area contributed by atoms with Gasteiger partial charge in [-0.1, -0.05) is 18.2 Å². The van der Waals surface area contributed by atoms with Crippen molar-refractivity contribution < 1.29 is 9.53 Å². The van der Waals surface area contributed by atoms with Gasteiger partial charge in [-0.15, -0.1) is 0 Å². The van der Waals surface area contributed by atoms with Gasteiger partial charge in [0.05, 0.1) is 5.69 Å². The first-order valence-electron chi connectivity index (χ1n) is 7.04. The van der Waals surface area contributed by atoms with Crippen molar-refractivity contribution in [3.63, 3.8) is 0 Å². The summed E-state index contributed by atoms with van der Waals surface area (Å²) in [7, 11) is 1.64. The summed E-state index contributed by atoms with van der Waals surface area (Å²) < 4.78 is 7.04. The summed E-state index contributed by atoms with van der Waals surface area (Å²) in [5.41, 5.74) is 3.21. The van der Waals surface area contributed by atoms with E-state index in [1.807, 2.05) is 32.0 Å².